The van der Waals surface area contributed by atoms with Gasteiger partial charge in [0.2, 0.25) is 0 Å². The predicted octanol–water partition coefficient (Wildman–Crippen LogP) is 1.41. The lowest BCUT2D eigenvalue weighted by Crippen LogP contribution is -2.34. The van der Waals surface area contributed by atoms with Crippen LogP contribution >= 0.6 is 0 Å². The Bertz CT molecular complexity index is 496. The Morgan fingerprint density at radius 2 is 2.06 bits per heavy atom. The van der Waals surface area contributed by atoms with Crippen LogP contribution in [0.3, 0.4) is 0 Å². The second kappa shape index (κ2) is 4.90. The van der Waals surface area contributed by atoms with Crippen LogP contribution in [0.1, 0.15) is 29.8 Å². The number of hydrogen-bond acceptors (Lipinski definition) is 3. The highest BCUT2D eigenvalue weighted by Crippen LogP contribution is 2.30. The van der Waals surface area contributed by atoms with Gasteiger partial charge in [0, 0.05) is 13.2 Å². The average molecular weight is 247 g/mol. The van der Waals surface area contributed by atoms with Gasteiger partial charge < -0.3 is 10.0 Å². The maximum Gasteiger partial charge on any atom is 0.299 e. The first kappa shape index (κ1) is 12.8. The fourth-order valence-corrected chi connectivity index (χ4v) is 2.12. The summed E-state index contributed by atoms with van der Waals surface area (Å²) in [5.74, 6) is -0.970. The van der Waals surface area contributed by atoms with Crippen molar-refractivity contribution in [3.8, 4) is 0 Å². The summed E-state index contributed by atoms with van der Waals surface area (Å²) in [5.41, 5.74) is 2.21. The van der Waals surface area contributed by atoms with E-state index in [1.54, 1.807) is 6.07 Å². The van der Waals surface area contributed by atoms with Crippen molar-refractivity contribution in [2.75, 3.05) is 18.1 Å². The molecule has 0 aromatic heterocycles. The van der Waals surface area contributed by atoms with Crippen LogP contribution in [-0.2, 0) is 11.2 Å². The van der Waals surface area contributed by atoms with Gasteiger partial charge in [-0.2, -0.15) is 0 Å². The molecule has 4 nitrogen and oxygen atoms in total. The lowest BCUT2D eigenvalue weighted by molar-refractivity contribution is -0.114. The van der Waals surface area contributed by atoms with Crippen molar-refractivity contribution in [1.29, 1.82) is 0 Å². The highest BCUT2D eigenvalue weighted by Gasteiger charge is 2.36. The van der Waals surface area contributed by atoms with Crippen LogP contribution in [0.15, 0.2) is 18.2 Å². The Morgan fingerprint density at radius 1 is 1.33 bits per heavy atom. The standard InChI is InChI=1S/C14H17NO3/c1-3-10-4-5-12-11(6-10)13(17)14(18)15(12)7-9(2)8-16/h4-6,9,16H,3,7-8H2,1-2H3. The molecule has 4 heteroatoms. The van der Waals surface area contributed by atoms with E-state index in [1.165, 1.54) is 4.90 Å². The van der Waals surface area contributed by atoms with Gasteiger partial charge in [0.1, 0.15) is 0 Å². The second-order valence-electron chi connectivity index (χ2n) is 4.74. The van der Waals surface area contributed by atoms with Crippen LogP contribution < -0.4 is 4.90 Å². The maximum absolute atomic E-state index is 11.9. The number of ketones is 1. The minimum absolute atomic E-state index is 0.000345. The molecule has 0 spiro atoms. The number of aryl methyl sites for hydroxylation is 1. The topological polar surface area (TPSA) is 57.6 Å². The number of benzene rings is 1. The first-order valence-electron chi connectivity index (χ1n) is 6.18. The van der Waals surface area contributed by atoms with Crippen molar-refractivity contribution >= 4 is 17.4 Å². The van der Waals surface area contributed by atoms with Crippen molar-refractivity contribution in [3.05, 3.63) is 29.3 Å². The fraction of sp³-hybridized carbons (Fsp3) is 0.429. The second-order valence-corrected chi connectivity index (χ2v) is 4.74. The number of carbonyl (C=O) groups is 2. The number of Topliss-reactive ketones (excluding diaryl/α,β-unsaturated/α-hetero) is 1. The van der Waals surface area contributed by atoms with E-state index < -0.39 is 11.7 Å². The Balaban J connectivity index is 2.37. The van der Waals surface area contributed by atoms with Crippen LogP contribution in [0.2, 0.25) is 0 Å². The number of nitrogens with zero attached hydrogens (tertiary/aromatic N) is 1. The van der Waals surface area contributed by atoms with E-state index >= 15 is 0 Å². The quantitative estimate of drug-likeness (QED) is 0.818. The van der Waals surface area contributed by atoms with E-state index in [4.69, 9.17) is 5.11 Å². The molecule has 1 N–H and O–H groups in total. The molecule has 0 radical (unpaired) electrons. The number of rotatable bonds is 4. The van der Waals surface area contributed by atoms with Gasteiger partial charge in [0.25, 0.3) is 11.7 Å². The van der Waals surface area contributed by atoms with E-state index in [0.29, 0.717) is 17.8 Å². The van der Waals surface area contributed by atoms with Crippen LogP contribution in [-0.4, -0.2) is 29.9 Å². The lowest BCUT2D eigenvalue weighted by atomic mass is 10.1. The van der Waals surface area contributed by atoms with E-state index in [1.807, 2.05) is 26.0 Å². The number of carbonyl (C=O) groups excluding carboxylic acids is 2. The zero-order valence-electron chi connectivity index (χ0n) is 10.6. The van der Waals surface area contributed by atoms with Crippen LogP contribution in [0, 0.1) is 5.92 Å². The molecule has 1 aromatic carbocycles. The van der Waals surface area contributed by atoms with Crippen molar-refractivity contribution in [2.24, 2.45) is 5.92 Å². The predicted molar refractivity (Wildman–Crippen MR) is 68.8 cm³/mol. The third-order valence-corrected chi connectivity index (χ3v) is 3.25. The molecule has 0 fully saturated rings. The summed E-state index contributed by atoms with van der Waals surface area (Å²) in [5, 5.41) is 9.05. The monoisotopic (exact) mass is 247 g/mol. The van der Waals surface area contributed by atoms with Crippen molar-refractivity contribution in [1.82, 2.24) is 0 Å². The fourth-order valence-electron chi connectivity index (χ4n) is 2.12. The number of aliphatic hydroxyl groups is 1. The van der Waals surface area contributed by atoms with Crippen molar-refractivity contribution in [2.45, 2.75) is 20.3 Å². The molecular formula is C14H17NO3. The summed E-state index contributed by atoms with van der Waals surface area (Å²) in [6.07, 6.45) is 0.835. The number of hydrogen-bond donors (Lipinski definition) is 1. The minimum Gasteiger partial charge on any atom is -0.396 e. The number of anilines is 1. The summed E-state index contributed by atoms with van der Waals surface area (Å²) in [6.45, 7) is 4.23. The zero-order valence-corrected chi connectivity index (χ0v) is 10.6. The average Bonchev–Trinajstić information content (AvgIpc) is 2.63. The van der Waals surface area contributed by atoms with Crippen LogP contribution in [0.25, 0.3) is 0 Å². The molecule has 1 atom stereocenters. The zero-order chi connectivity index (χ0) is 13.3. The summed E-state index contributed by atoms with van der Waals surface area (Å²) in [4.78, 5) is 25.3. The molecule has 18 heavy (non-hydrogen) atoms. The molecule has 1 heterocycles. The van der Waals surface area contributed by atoms with Crippen molar-refractivity contribution in [3.63, 3.8) is 0 Å². The van der Waals surface area contributed by atoms with E-state index in [-0.39, 0.29) is 12.5 Å². The van der Waals surface area contributed by atoms with Gasteiger partial charge in [-0.3, -0.25) is 9.59 Å². The lowest BCUT2D eigenvalue weighted by Gasteiger charge is -2.19. The van der Waals surface area contributed by atoms with Gasteiger partial charge in [-0.05, 0) is 30.0 Å². The first-order chi connectivity index (χ1) is 8.58. The maximum atomic E-state index is 11.9. The molecule has 96 valence electrons. The normalized spacial score (nSPS) is 16.1. The smallest absolute Gasteiger partial charge is 0.299 e. The molecule has 0 saturated heterocycles. The molecule has 0 bridgehead atoms. The molecule has 1 unspecified atom stereocenters. The Kier molecular flexibility index (Phi) is 3.48. The van der Waals surface area contributed by atoms with E-state index in [2.05, 4.69) is 0 Å². The number of aliphatic hydroxyl groups excluding tert-OH is 1. The third-order valence-electron chi connectivity index (χ3n) is 3.25. The minimum atomic E-state index is -0.487. The first-order valence-corrected chi connectivity index (χ1v) is 6.18. The van der Waals surface area contributed by atoms with Crippen LogP contribution in [0.4, 0.5) is 5.69 Å². The SMILES string of the molecule is CCc1ccc2c(c1)C(=O)C(=O)N2CC(C)CO. The summed E-state index contributed by atoms with van der Waals surface area (Å²) in [6, 6.07) is 5.54. The molecule has 0 saturated carbocycles. The van der Waals surface area contributed by atoms with Gasteiger partial charge in [0.15, 0.2) is 0 Å². The molecular weight excluding hydrogens is 230 g/mol. The summed E-state index contributed by atoms with van der Waals surface area (Å²) in [7, 11) is 0. The highest BCUT2D eigenvalue weighted by atomic mass is 16.3. The molecule has 1 aromatic rings. The highest BCUT2D eigenvalue weighted by molar-refractivity contribution is 6.52. The summed E-state index contributed by atoms with van der Waals surface area (Å²) >= 11 is 0. The van der Waals surface area contributed by atoms with Gasteiger partial charge >= 0.3 is 0 Å². The van der Waals surface area contributed by atoms with E-state index in [9.17, 15) is 9.59 Å². The Labute approximate surface area is 106 Å². The molecule has 0 aliphatic carbocycles. The van der Waals surface area contributed by atoms with E-state index in [0.717, 1.165) is 12.0 Å². The Morgan fingerprint density at radius 3 is 2.67 bits per heavy atom. The van der Waals surface area contributed by atoms with Gasteiger partial charge in [-0.15, -0.1) is 0 Å². The number of fused-ring (bicyclic) bond motifs is 1. The van der Waals surface area contributed by atoms with Gasteiger partial charge in [-0.25, -0.2) is 0 Å². The Hall–Kier alpha value is -1.68. The summed E-state index contributed by atoms with van der Waals surface area (Å²) < 4.78 is 0. The van der Waals surface area contributed by atoms with Gasteiger partial charge in [0.05, 0.1) is 11.3 Å². The molecule has 1 aliphatic rings. The third kappa shape index (κ3) is 2.04. The largest absolute Gasteiger partial charge is 0.396 e. The van der Waals surface area contributed by atoms with Crippen molar-refractivity contribution < 1.29 is 14.7 Å². The molecule has 1 amide bonds. The molecule has 2 rings (SSSR count). The van der Waals surface area contributed by atoms with Crippen LogP contribution in [0.5, 0.6) is 0 Å². The van der Waals surface area contributed by atoms with Gasteiger partial charge in [-0.1, -0.05) is 19.9 Å². The molecule has 1 aliphatic heterocycles. The number of amides is 1.